The topological polar surface area (TPSA) is 125 Å². The van der Waals surface area contributed by atoms with Gasteiger partial charge in [0.05, 0.1) is 41.0 Å². The van der Waals surface area contributed by atoms with E-state index in [4.69, 9.17) is 11.3 Å². The second-order valence-corrected chi connectivity index (χ2v) is 8.38. The van der Waals surface area contributed by atoms with E-state index >= 15 is 0 Å². The number of carbonyl (C=O) groups excluding carboxylic acids is 1. The maximum Gasteiger partial charge on any atom is 0.416 e. The number of amides is 1. The van der Waals surface area contributed by atoms with Gasteiger partial charge < -0.3 is 21.1 Å². The molecule has 0 saturated carbocycles. The maximum absolute atomic E-state index is 13.6. The van der Waals surface area contributed by atoms with Crippen LogP contribution in [0.25, 0.3) is 0 Å². The van der Waals surface area contributed by atoms with Gasteiger partial charge in [-0.25, -0.2) is 5.84 Å². The Morgan fingerprint density at radius 2 is 1.89 bits per heavy atom. The largest absolute Gasteiger partial charge is 0.416 e. The molecule has 3 aromatic rings. The predicted molar refractivity (Wildman–Crippen MR) is 134 cm³/mol. The fourth-order valence-corrected chi connectivity index (χ4v) is 3.73. The lowest BCUT2D eigenvalue weighted by atomic mass is 10.0. The van der Waals surface area contributed by atoms with E-state index in [2.05, 4.69) is 20.7 Å². The summed E-state index contributed by atoms with van der Waals surface area (Å²) in [6.45, 7) is 7.13. The molecule has 0 bridgehead atoms. The van der Waals surface area contributed by atoms with Crippen molar-refractivity contribution >= 4 is 28.7 Å². The molecule has 0 saturated heterocycles. The maximum atomic E-state index is 13.6. The summed E-state index contributed by atoms with van der Waals surface area (Å²) >= 11 is 0. The van der Waals surface area contributed by atoms with Gasteiger partial charge in [-0.05, 0) is 51.5 Å². The van der Waals surface area contributed by atoms with Crippen LogP contribution in [-0.4, -0.2) is 39.5 Å². The van der Waals surface area contributed by atoms with Crippen LogP contribution in [0.1, 0.15) is 45.4 Å². The number of hydrogen-bond acceptors (Lipinski definition) is 7. The first kappa shape index (κ1) is 26.7. The molecule has 9 nitrogen and oxygen atoms in total. The molecule has 0 aliphatic heterocycles. The average molecular weight is 503 g/mol. The number of pyridine rings is 1. The Morgan fingerprint density at radius 1 is 1.19 bits per heavy atom. The molecule has 0 atom stereocenters. The van der Waals surface area contributed by atoms with Crippen LogP contribution in [0.4, 0.5) is 30.2 Å². The van der Waals surface area contributed by atoms with Crippen LogP contribution in [0, 0.1) is 26.2 Å². The zero-order valence-electron chi connectivity index (χ0n) is 20.7. The van der Waals surface area contributed by atoms with Crippen LogP contribution in [0.5, 0.6) is 0 Å². The van der Waals surface area contributed by atoms with Crippen LogP contribution in [-0.2, 0) is 13.2 Å². The normalized spacial score (nSPS) is 11.4. The molecular weight excluding hydrogens is 473 g/mol. The highest BCUT2D eigenvalue weighted by Crippen LogP contribution is 2.37. The molecule has 2 aromatic heterocycles. The third-order valence-electron chi connectivity index (χ3n) is 5.86. The molecule has 3 rings (SSSR count). The Balaban J connectivity index is 1.86. The number of halogens is 3. The van der Waals surface area contributed by atoms with E-state index in [1.54, 1.807) is 31.8 Å². The summed E-state index contributed by atoms with van der Waals surface area (Å²) in [5, 5.41) is 19.2. The first-order valence-electron chi connectivity index (χ1n) is 11.2. The number of carbonyl (C=O) groups is 1. The van der Waals surface area contributed by atoms with Crippen molar-refractivity contribution in [1.82, 2.24) is 14.8 Å². The van der Waals surface area contributed by atoms with Gasteiger partial charge in [-0.15, -0.1) is 0 Å². The van der Waals surface area contributed by atoms with Gasteiger partial charge in [-0.3, -0.25) is 14.5 Å². The smallest absolute Gasteiger partial charge is 0.385 e. The minimum Gasteiger partial charge on any atom is -0.385 e. The van der Waals surface area contributed by atoms with Crippen LogP contribution in [0.15, 0.2) is 30.6 Å². The quantitative estimate of drug-likeness (QED) is 0.208. The van der Waals surface area contributed by atoms with Crippen molar-refractivity contribution in [1.29, 1.82) is 5.41 Å². The number of nitrogens with two attached hydrogens (primary N) is 1. The Labute approximate surface area is 207 Å². The van der Waals surface area contributed by atoms with E-state index in [0.717, 1.165) is 11.8 Å². The highest BCUT2D eigenvalue weighted by atomic mass is 19.4. The van der Waals surface area contributed by atoms with Gasteiger partial charge in [0.15, 0.2) is 0 Å². The molecular formula is C24H29F3N8O. The minimum atomic E-state index is -4.58. The minimum absolute atomic E-state index is 0.00515. The molecule has 5 N–H and O–H groups in total. The number of nitrogens with one attached hydrogen (secondary N) is 3. The van der Waals surface area contributed by atoms with E-state index in [-0.39, 0.29) is 34.8 Å². The molecule has 1 aromatic carbocycles. The average Bonchev–Trinajstić information content (AvgIpc) is 3.13. The third-order valence-corrected chi connectivity index (χ3v) is 5.86. The number of nitrogens with zero attached hydrogens (tertiary/aromatic N) is 4. The number of aromatic nitrogens is 3. The highest BCUT2D eigenvalue weighted by molar-refractivity contribution is 6.05. The van der Waals surface area contributed by atoms with E-state index < -0.39 is 17.6 Å². The monoisotopic (exact) mass is 502 g/mol. The van der Waals surface area contributed by atoms with Gasteiger partial charge in [0.25, 0.3) is 5.91 Å². The first-order chi connectivity index (χ1) is 16.8. The fraction of sp³-hybridized carbons (Fsp3) is 0.333. The van der Waals surface area contributed by atoms with Gasteiger partial charge >= 0.3 is 6.18 Å². The summed E-state index contributed by atoms with van der Waals surface area (Å²) in [5.41, 5.74) is 2.20. The zero-order chi connectivity index (χ0) is 26.8. The standard InChI is InChI=1S/C24H29F3N8O/c1-6-30-21-9-17(8-19(13(21)2)24(25,26)27)33-23(36)16-7-22(14(3)31-10-16)35(29)12-20(28)18-11-32-34(5)15(18)4/h7-11,28,30H,6,12,29H2,1-5H3,(H,33,36). The van der Waals surface area contributed by atoms with Crippen LogP contribution in [0.3, 0.4) is 0 Å². The van der Waals surface area contributed by atoms with Crippen molar-refractivity contribution in [3.63, 3.8) is 0 Å². The molecule has 1 amide bonds. The van der Waals surface area contributed by atoms with Crippen molar-refractivity contribution in [2.24, 2.45) is 12.9 Å². The Morgan fingerprint density at radius 3 is 2.47 bits per heavy atom. The SMILES string of the molecule is CCNc1cc(NC(=O)c2cnc(C)c(N(N)CC(=N)c3cnn(C)c3C)c2)cc(C(F)(F)F)c1C. The summed E-state index contributed by atoms with van der Waals surface area (Å²) < 4.78 is 42.3. The fourth-order valence-electron chi connectivity index (χ4n) is 3.73. The van der Waals surface area contributed by atoms with Crippen molar-refractivity contribution in [3.8, 4) is 0 Å². The van der Waals surface area contributed by atoms with Crippen molar-refractivity contribution in [2.45, 2.75) is 33.9 Å². The second kappa shape index (κ2) is 10.4. The van der Waals surface area contributed by atoms with Crippen molar-refractivity contribution in [3.05, 3.63) is 64.2 Å². The van der Waals surface area contributed by atoms with Gasteiger partial charge in [0.2, 0.25) is 0 Å². The Kier molecular flexibility index (Phi) is 7.68. The lowest BCUT2D eigenvalue weighted by Gasteiger charge is -2.21. The van der Waals surface area contributed by atoms with Crippen molar-refractivity contribution < 1.29 is 18.0 Å². The van der Waals surface area contributed by atoms with Gasteiger partial charge in [-0.2, -0.15) is 18.3 Å². The summed E-state index contributed by atoms with van der Waals surface area (Å²) in [5.74, 6) is 5.57. The molecule has 0 aliphatic rings. The molecule has 2 heterocycles. The van der Waals surface area contributed by atoms with E-state index in [1.807, 2.05) is 6.92 Å². The lowest BCUT2D eigenvalue weighted by Crippen LogP contribution is -2.37. The molecule has 0 aliphatic carbocycles. The number of anilines is 3. The number of hydrogen-bond donors (Lipinski definition) is 4. The summed E-state index contributed by atoms with van der Waals surface area (Å²) in [7, 11) is 1.77. The summed E-state index contributed by atoms with van der Waals surface area (Å²) in [6, 6.07) is 3.86. The van der Waals surface area contributed by atoms with Crippen molar-refractivity contribution in [2.75, 3.05) is 28.7 Å². The molecule has 12 heteroatoms. The van der Waals surface area contributed by atoms with E-state index in [1.165, 1.54) is 30.3 Å². The summed E-state index contributed by atoms with van der Waals surface area (Å²) in [6.07, 6.45) is -1.67. The van der Waals surface area contributed by atoms with Gasteiger partial charge in [0.1, 0.15) is 0 Å². The van der Waals surface area contributed by atoms with Crippen LogP contribution < -0.4 is 21.5 Å². The Hall–Kier alpha value is -3.93. The number of aryl methyl sites for hydroxylation is 2. The molecule has 192 valence electrons. The zero-order valence-corrected chi connectivity index (χ0v) is 20.7. The van der Waals surface area contributed by atoms with E-state index in [0.29, 0.717) is 23.5 Å². The molecule has 0 spiro atoms. The first-order valence-corrected chi connectivity index (χ1v) is 11.2. The third kappa shape index (κ3) is 5.65. The number of alkyl halides is 3. The van der Waals surface area contributed by atoms with E-state index in [9.17, 15) is 18.0 Å². The number of hydrazine groups is 1. The lowest BCUT2D eigenvalue weighted by molar-refractivity contribution is -0.138. The van der Waals surface area contributed by atoms with Crippen LogP contribution >= 0.6 is 0 Å². The summed E-state index contributed by atoms with van der Waals surface area (Å²) in [4.78, 5) is 17.2. The number of rotatable bonds is 8. The molecule has 36 heavy (non-hydrogen) atoms. The highest BCUT2D eigenvalue weighted by Gasteiger charge is 2.34. The predicted octanol–water partition coefficient (Wildman–Crippen LogP) is 4.19. The van der Waals surface area contributed by atoms with Crippen LogP contribution in [0.2, 0.25) is 0 Å². The molecule has 0 fully saturated rings. The molecule has 0 radical (unpaired) electrons. The number of benzene rings is 1. The molecule has 0 unspecified atom stereocenters. The van der Waals surface area contributed by atoms with Gasteiger partial charge in [-0.1, -0.05) is 0 Å². The Bertz CT molecular complexity index is 1300. The second-order valence-electron chi connectivity index (χ2n) is 8.38. The van der Waals surface area contributed by atoms with Gasteiger partial charge in [0, 0.05) is 42.4 Å².